The summed E-state index contributed by atoms with van der Waals surface area (Å²) < 4.78 is 35.6. The number of ether oxygens (including phenoxy) is 5. The minimum Gasteiger partial charge on any atom is -0.497 e. The molecule has 1 aromatic carbocycles. The zero-order chi connectivity index (χ0) is 31.4. The Balaban J connectivity index is 1.95. The van der Waals surface area contributed by atoms with Crippen LogP contribution in [0.15, 0.2) is 24.3 Å². The molecule has 0 radical (unpaired) electrons. The van der Waals surface area contributed by atoms with Gasteiger partial charge in [-0.05, 0) is 70.4 Å². The number of aliphatic hydroxyl groups is 1. The Labute approximate surface area is 254 Å². The Morgan fingerprint density at radius 3 is 2.29 bits per heavy atom. The van der Waals surface area contributed by atoms with Crippen molar-refractivity contribution in [2.24, 2.45) is 5.41 Å². The van der Waals surface area contributed by atoms with Crippen molar-refractivity contribution >= 4 is 14.3 Å². The summed E-state index contributed by atoms with van der Waals surface area (Å²) in [7, 11) is -0.301. The number of methoxy groups -OCH3 is 1. The molecule has 1 heterocycles. The smallest absolute Gasteiger partial charge is 0.311 e. The van der Waals surface area contributed by atoms with E-state index in [1.807, 2.05) is 58.9 Å². The van der Waals surface area contributed by atoms with Crippen LogP contribution in [0.1, 0.15) is 80.2 Å². The van der Waals surface area contributed by atoms with Crippen LogP contribution < -0.4 is 4.74 Å². The largest absolute Gasteiger partial charge is 0.497 e. The Morgan fingerprint density at radius 2 is 1.71 bits per heavy atom. The summed E-state index contributed by atoms with van der Waals surface area (Å²) in [4.78, 5) is 12.4. The fraction of sp³-hybridized carbons (Fsp3) is 0.727. The zero-order valence-electron chi connectivity index (χ0n) is 27.3. The predicted molar refractivity (Wildman–Crippen MR) is 167 cm³/mol. The Hall–Kier alpha value is -1.93. The van der Waals surface area contributed by atoms with Crippen molar-refractivity contribution in [1.29, 1.82) is 0 Å². The molecule has 0 aromatic heterocycles. The second-order valence-corrected chi connectivity index (χ2v) is 17.3. The summed E-state index contributed by atoms with van der Waals surface area (Å²) in [5.41, 5.74) is 0.466. The molecule has 1 saturated heterocycles. The number of carbonyl (C=O) groups is 1. The highest BCUT2D eigenvalue weighted by molar-refractivity contribution is 6.73. The number of esters is 1. The van der Waals surface area contributed by atoms with E-state index in [1.165, 1.54) is 0 Å². The molecule has 0 aliphatic carbocycles. The van der Waals surface area contributed by atoms with Gasteiger partial charge in [-0.15, -0.1) is 0 Å². The Bertz CT molecular complexity index is 995. The monoisotopic (exact) mass is 606 g/mol. The van der Waals surface area contributed by atoms with Crippen LogP contribution in [-0.4, -0.2) is 69.9 Å². The van der Waals surface area contributed by atoms with Gasteiger partial charge in [0.1, 0.15) is 18.5 Å². The second-order valence-electron chi connectivity index (χ2n) is 12.6. The summed E-state index contributed by atoms with van der Waals surface area (Å²) in [6.07, 6.45) is -0.254. The van der Waals surface area contributed by atoms with Crippen molar-refractivity contribution in [3.63, 3.8) is 0 Å². The number of hydrogen-bond donors (Lipinski definition) is 1. The lowest BCUT2D eigenvalue weighted by Crippen LogP contribution is -2.47. The molecule has 4 atom stereocenters. The molecule has 0 saturated carbocycles. The molecule has 1 fully saturated rings. The first-order chi connectivity index (χ1) is 19.7. The minimum atomic E-state index is -1.94. The zero-order valence-corrected chi connectivity index (χ0v) is 28.3. The van der Waals surface area contributed by atoms with Crippen LogP contribution in [0.4, 0.5) is 0 Å². The lowest BCUT2D eigenvalue weighted by molar-refractivity contribution is -0.308. The molecule has 238 valence electrons. The molecule has 1 unspecified atom stereocenters. The van der Waals surface area contributed by atoms with Gasteiger partial charge in [-0.25, -0.2) is 0 Å². The molecule has 1 N–H and O–H groups in total. The number of aliphatic hydroxyl groups excluding tert-OH is 1. The van der Waals surface area contributed by atoms with Crippen molar-refractivity contribution in [3.05, 3.63) is 29.8 Å². The van der Waals surface area contributed by atoms with Crippen molar-refractivity contribution in [2.45, 2.75) is 130 Å². The summed E-state index contributed by atoms with van der Waals surface area (Å²) >= 11 is 0. The van der Waals surface area contributed by atoms with E-state index in [0.29, 0.717) is 32.5 Å². The van der Waals surface area contributed by atoms with E-state index >= 15 is 0 Å². The van der Waals surface area contributed by atoms with E-state index in [9.17, 15) is 9.90 Å². The van der Waals surface area contributed by atoms with Gasteiger partial charge in [-0.1, -0.05) is 44.7 Å². The standard InChI is InChI=1S/C33H54O8Si/c1-10-42(11-2,12-3)41-28(24-38-31(35)32(4,5)6)15-13-14-26(34)20-29-21-30(40-33(7,8)39-29)23-37-22-25-16-18-27(36-9)19-17-25/h16-19,26,28-30,34H,10-12,15,20-24H2,1-9H3/t26?,28-,29+,30+/m0/s1. The molecule has 1 aromatic rings. The van der Waals surface area contributed by atoms with E-state index in [0.717, 1.165) is 29.4 Å². The Kier molecular flexibility index (Phi) is 14.5. The fourth-order valence-electron chi connectivity index (χ4n) is 4.97. The van der Waals surface area contributed by atoms with Crippen LogP contribution in [0.5, 0.6) is 5.75 Å². The average molecular weight is 607 g/mol. The van der Waals surface area contributed by atoms with Crippen LogP contribution >= 0.6 is 0 Å². The maximum atomic E-state index is 12.4. The van der Waals surface area contributed by atoms with Crippen molar-refractivity contribution in [2.75, 3.05) is 20.3 Å². The molecule has 9 heteroatoms. The summed E-state index contributed by atoms with van der Waals surface area (Å²) in [6, 6.07) is 10.7. The minimum absolute atomic E-state index is 0.158. The van der Waals surface area contributed by atoms with Crippen molar-refractivity contribution in [1.82, 2.24) is 0 Å². The molecule has 1 aliphatic heterocycles. The molecule has 1 aliphatic rings. The molecule has 8 nitrogen and oxygen atoms in total. The van der Waals surface area contributed by atoms with Crippen LogP contribution in [0.3, 0.4) is 0 Å². The maximum absolute atomic E-state index is 12.4. The van der Waals surface area contributed by atoms with Crippen molar-refractivity contribution in [3.8, 4) is 17.6 Å². The molecule has 0 amide bonds. The second kappa shape index (κ2) is 16.8. The highest BCUT2D eigenvalue weighted by Gasteiger charge is 2.36. The first-order valence-corrected chi connectivity index (χ1v) is 17.9. The van der Waals surface area contributed by atoms with Crippen molar-refractivity contribution < 1.29 is 38.0 Å². The van der Waals surface area contributed by atoms with E-state index in [2.05, 4.69) is 32.6 Å². The van der Waals surface area contributed by atoms with Gasteiger partial charge in [0.25, 0.3) is 0 Å². The van der Waals surface area contributed by atoms with Crippen LogP contribution in [-0.2, 0) is 34.8 Å². The van der Waals surface area contributed by atoms with Gasteiger partial charge in [-0.2, -0.15) is 0 Å². The third-order valence-electron chi connectivity index (χ3n) is 7.61. The number of carbonyl (C=O) groups excluding carboxylic acids is 1. The lowest BCUT2D eigenvalue weighted by atomic mass is 9.97. The maximum Gasteiger partial charge on any atom is 0.311 e. The van der Waals surface area contributed by atoms with Gasteiger partial charge in [-0.3, -0.25) is 4.79 Å². The predicted octanol–water partition coefficient (Wildman–Crippen LogP) is 6.25. The third kappa shape index (κ3) is 12.4. The summed E-state index contributed by atoms with van der Waals surface area (Å²) in [6.45, 7) is 16.8. The average Bonchev–Trinajstić information content (AvgIpc) is 2.93. The summed E-state index contributed by atoms with van der Waals surface area (Å²) in [5, 5.41) is 10.8. The third-order valence-corrected chi connectivity index (χ3v) is 12.3. The topological polar surface area (TPSA) is 92.7 Å². The Morgan fingerprint density at radius 1 is 1.10 bits per heavy atom. The van der Waals surface area contributed by atoms with E-state index < -0.39 is 25.6 Å². The summed E-state index contributed by atoms with van der Waals surface area (Å²) in [5.74, 6) is 5.83. The van der Waals surface area contributed by atoms with Crippen LogP contribution in [0, 0.1) is 17.3 Å². The molecule has 0 spiro atoms. The van der Waals surface area contributed by atoms with Crippen LogP contribution in [0.2, 0.25) is 18.1 Å². The molecular weight excluding hydrogens is 552 g/mol. The number of rotatable bonds is 15. The van der Waals surface area contributed by atoms with Gasteiger partial charge in [0.15, 0.2) is 14.1 Å². The highest BCUT2D eigenvalue weighted by Crippen LogP contribution is 2.30. The van der Waals surface area contributed by atoms with Gasteiger partial charge >= 0.3 is 5.97 Å². The van der Waals surface area contributed by atoms with E-state index in [-0.39, 0.29) is 30.9 Å². The molecule has 2 rings (SSSR count). The molecule has 0 bridgehead atoms. The number of hydrogen-bond acceptors (Lipinski definition) is 8. The first kappa shape index (κ1) is 36.3. The van der Waals surface area contributed by atoms with Crippen LogP contribution in [0.25, 0.3) is 0 Å². The first-order valence-electron chi connectivity index (χ1n) is 15.3. The van der Waals surface area contributed by atoms with E-state index in [1.54, 1.807) is 7.11 Å². The lowest BCUT2D eigenvalue weighted by Gasteiger charge is -2.41. The highest BCUT2D eigenvalue weighted by atomic mass is 28.4. The van der Waals surface area contributed by atoms with Gasteiger partial charge in [0.2, 0.25) is 0 Å². The van der Waals surface area contributed by atoms with Gasteiger partial charge in [0, 0.05) is 19.3 Å². The van der Waals surface area contributed by atoms with E-state index in [4.69, 9.17) is 28.1 Å². The van der Waals surface area contributed by atoms with Gasteiger partial charge < -0.3 is 33.2 Å². The number of benzene rings is 1. The normalized spacial score (nSPS) is 20.2. The molecular formula is C33H54O8Si. The fourth-order valence-corrected chi connectivity index (χ4v) is 7.83. The molecule has 42 heavy (non-hydrogen) atoms. The SMILES string of the molecule is CC[Si](CC)(CC)O[C@@H](CC#CC(O)C[C@@H]1C[C@H](COCc2ccc(OC)cc2)OC(C)(C)O1)COC(=O)C(C)(C)C. The quantitative estimate of drug-likeness (QED) is 0.142. The van der Waals surface area contributed by atoms with Gasteiger partial charge in [0.05, 0.1) is 44.1 Å².